The van der Waals surface area contributed by atoms with Gasteiger partial charge in [-0.2, -0.15) is 0 Å². The van der Waals surface area contributed by atoms with Crippen LogP contribution in [-0.4, -0.2) is 38.3 Å². The molecule has 0 saturated carbocycles. The molecule has 0 fully saturated rings. The van der Waals surface area contributed by atoms with Gasteiger partial charge < -0.3 is 10.4 Å². The summed E-state index contributed by atoms with van der Waals surface area (Å²) in [5, 5.41) is 15.0. The van der Waals surface area contributed by atoms with Gasteiger partial charge in [0.25, 0.3) is 5.91 Å². The van der Waals surface area contributed by atoms with Crippen LogP contribution in [0.4, 0.5) is 0 Å². The van der Waals surface area contributed by atoms with Crippen LogP contribution in [0.1, 0.15) is 41.8 Å². The molecule has 2 N–H and O–H groups in total. The molecule has 0 spiro atoms. The van der Waals surface area contributed by atoms with Gasteiger partial charge in [0.05, 0.1) is 5.69 Å². The molecular formula is C15H18N4O3. The second kappa shape index (κ2) is 6.38. The van der Waals surface area contributed by atoms with E-state index in [0.29, 0.717) is 11.7 Å². The lowest BCUT2D eigenvalue weighted by Gasteiger charge is -2.12. The van der Waals surface area contributed by atoms with Gasteiger partial charge in [-0.05, 0) is 24.5 Å². The number of nitrogens with zero attached hydrogens (tertiary/aromatic N) is 3. The van der Waals surface area contributed by atoms with E-state index in [9.17, 15) is 9.59 Å². The molecule has 1 amide bonds. The van der Waals surface area contributed by atoms with Crippen LogP contribution in [0.15, 0.2) is 24.3 Å². The summed E-state index contributed by atoms with van der Waals surface area (Å²) in [5.74, 6) is -0.907. The van der Waals surface area contributed by atoms with Crippen LogP contribution < -0.4 is 5.32 Å². The molecule has 22 heavy (non-hydrogen) atoms. The molecule has 0 bridgehead atoms. The van der Waals surface area contributed by atoms with E-state index in [1.807, 2.05) is 24.3 Å². The van der Waals surface area contributed by atoms with E-state index in [1.54, 1.807) is 11.6 Å². The Kier molecular flexibility index (Phi) is 4.55. The first-order chi connectivity index (χ1) is 10.4. The minimum absolute atomic E-state index is 0.0442. The summed E-state index contributed by atoms with van der Waals surface area (Å²) in [6.45, 7) is 5.43. The Labute approximate surface area is 128 Å². The number of rotatable bonds is 5. The third kappa shape index (κ3) is 3.30. The van der Waals surface area contributed by atoms with Crippen LogP contribution in [0.2, 0.25) is 0 Å². The molecule has 0 radical (unpaired) electrons. The van der Waals surface area contributed by atoms with E-state index < -0.39 is 18.4 Å². The average molecular weight is 302 g/mol. The summed E-state index contributed by atoms with van der Waals surface area (Å²) in [6, 6.07) is 7.76. The summed E-state index contributed by atoms with van der Waals surface area (Å²) < 4.78 is 1.60. The Balaban J connectivity index is 2.35. The van der Waals surface area contributed by atoms with Crippen LogP contribution in [0, 0.1) is 6.92 Å². The first kappa shape index (κ1) is 15.7. The van der Waals surface area contributed by atoms with E-state index in [-0.39, 0.29) is 5.82 Å². The maximum Gasteiger partial charge on any atom is 0.322 e. The van der Waals surface area contributed by atoms with Crippen molar-refractivity contribution in [2.24, 2.45) is 0 Å². The molecule has 1 aromatic carbocycles. The third-order valence-corrected chi connectivity index (χ3v) is 3.16. The Bertz CT molecular complexity index is 707. The molecule has 0 aliphatic heterocycles. The van der Waals surface area contributed by atoms with Gasteiger partial charge in [-0.1, -0.05) is 32.0 Å². The highest BCUT2D eigenvalue weighted by Gasteiger charge is 2.17. The highest BCUT2D eigenvalue weighted by Crippen LogP contribution is 2.23. The standard InChI is InChI=1S/C15H18N4O3/c1-9(2)11-6-4-5-7-12(11)19-10(3)17-14(18-19)15(22)16-8-13(20)21/h4-7,9H,8H2,1-3H3,(H,16,22)(H,20,21). The van der Waals surface area contributed by atoms with Gasteiger partial charge in [0.1, 0.15) is 12.4 Å². The highest BCUT2D eigenvalue weighted by molar-refractivity contribution is 5.92. The number of aryl methyl sites for hydroxylation is 1. The zero-order valence-electron chi connectivity index (χ0n) is 12.7. The van der Waals surface area contributed by atoms with E-state index in [0.717, 1.165) is 11.3 Å². The lowest BCUT2D eigenvalue weighted by Crippen LogP contribution is -2.30. The fourth-order valence-electron chi connectivity index (χ4n) is 2.12. The number of carboxylic acids is 1. The number of carboxylic acid groups (broad SMARTS) is 1. The molecule has 0 aliphatic carbocycles. The van der Waals surface area contributed by atoms with E-state index in [2.05, 4.69) is 29.2 Å². The molecule has 1 heterocycles. The molecule has 0 aliphatic rings. The number of aromatic nitrogens is 3. The van der Waals surface area contributed by atoms with Gasteiger partial charge in [-0.25, -0.2) is 9.67 Å². The Morgan fingerprint density at radius 3 is 2.64 bits per heavy atom. The summed E-state index contributed by atoms with van der Waals surface area (Å²) in [5.41, 5.74) is 1.95. The third-order valence-electron chi connectivity index (χ3n) is 3.16. The molecule has 1 aromatic heterocycles. The van der Waals surface area contributed by atoms with Gasteiger partial charge >= 0.3 is 5.97 Å². The second-order valence-corrected chi connectivity index (χ2v) is 5.18. The topological polar surface area (TPSA) is 97.1 Å². The minimum atomic E-state index is -1.12. The number of carbonyl (C=O) groups is 2. The first-order valence-electron chi connectivity index (χ1n) is 6.93. The Morgan fingerprint density at radius 1 is 1.32 bits per heavy atom. The summed E-state index contributed by atoms with van der Waals surface area (Å²) in [6.07, 6.45) is 0. The quantitative estimate of drug-likeness (QED) is 0.872. The van der Waals surface area contributed by atoms with Crippen LogP contribution in [0.5, 0.6) is 0 Å². The van der Waals surface area contributed by atoms with Gasteiger partial charge in [0.15, 0.2) is 0 Å². The highest BCUT2D eigenvalue weighted by atomic mass is 16.4. The number of amides is 1. The van der Waals surface area contributed by atoms with Crippen molar-refractivity contribution < 1.29 is 14.7 Å². The number of carbonyl (C=O) groups excluding carboxylic acids is 1. The van der Waals surface area contributed by atoms with E-state index in [4.69, 9.17) is 5.11 Å². The lowest BCUT2D eigenvalue weighted by molar-refractivity contribution is -0.135. The van der Waals surface area contributed by atoms with Crippen molar-refractivity contribution in [1.82, 2.24) is 20.1 Å². The molecule has 7 nitrogen and oxygen atoms in total. The molecule has 0 saturated heterocycles. The van der Waals surface area contributed by atoms with Crippen LogP contribution in [0.3, 0.4) is 0 Å². The normalized spacial score (nSPS) is 10.7. The predicted molar refractivity (Wildman–Crippen MR) is 80.2 cm³/mol. The zero-order valence-corrected chi connectivity index (χ0v) is 12.7. The van der Waals surface area contributed by atoms with Gasteiger partial charge in [-0.3, -0.25) is 9.59 Å². The molecular weight excluding hydrogens is 284 g/mol. The molecule has 0 atom stereocenters. The van der Waals surface area contributed by atoms with Gasteiger partial charge in [-0.15, -0.1) is 5.10 Å². The van der Waals surface area contributed by atoms with Crippen LogP contribution >= 0.6 is 0 Å². The molecule has 2 aromatic rings. The Hall–Kier alpha value is -2.70. The predicted octanol–water partition coefficient (Wildman–Crippen LogP) is 1.51. The van der Waals surface area contributed by atoms with Crippen LogP contribution in [0.25, 0.3) is 5.69 Å². The molecule has 116 valence electrons. The van der Waals surface area contributed by atoms with Gasteiger partial charge in [0.2, 0.25) is 5.82 Å². The van der Waals surface area contributed by atoms with E-state index >= 15 is 0 Å². The molecule has 7 heteroatoms. The molecule has 2 rings (SSSR count). The summed E-state index contributed by atoms with van der Waals surface area (Å²) >= 11 is 0. The monoisotopic (exact) mass is 302 g/mol. The van der Waals surface area contributed by atoms with Crippen molar-refractivity contribution in [3.8, 4) is 5.69 Å². The van der Waals surface area contributed by atoms with Gasteiger partial charge in [0, 0.05) is 0 Å². The lowest BCUT2D eigenvalue weighted by atomic mass is 10.0. The fourth-order valence-corrected chi connectivity index (χ4v) is 2.12. The minimum Gasteiger partial charge on any atom is -0.480 e. The number of hydrogen-bond acceptors (Lipinski definition) is 4. The van der Waals surface area contributed by atoms with Crippen molar-refractivity contribution in [3.05, 3.63) is 41.5 Å². The average Bonchev–Trinajstić information content (AvgIpc) is 2.86. The number of nitrogens with one attached hydrogen (secondary N) is 1. The zero-order chi connectivity index (χ0) is 16.3. The Morgan fingerprint density at radius 2 is 2.00 bits per heavy atom. The van der Waals surface area contributed by atoms with Crippen LogP contribution in [-0.2, 0) is 4.79 Å². The van der Waals surface area contributed by atoms with Crippen molar-refractivity contribution >= 4 is 11.9 Å². The van der Waals surface area contributed by atoms with Crippen molar-refractivity contribution in [3.63, 3.8) is 0 Å². The summed E-state index contributed by atoms with van der Waals surface area (Å²) in [4.78, 5) is 26.5. The number of benzene rings is 1. The maximum absolute atomic E-state index is 11.9. The summed E-state index contributed by atoms with van der Waals surface area (Å²) in [7, 11) is 0. The number of hydrogen-bond donors (Lipinski definition) is 2. The number of aliphatic carboxylic acids is 1. The second-order valence-electron chi connectivity index (χ2n) is 5.18. The first-order valence-corrected chi connectivity index (χ1v) is 6.93. The smallest absolute Gasteiger partial charge is 0.322 e. The largest absolute Gasteiger partial charge is 0.480 e. The van der Waals surface area contributed by atoms with E-state index in [1.165, 1.54) is 0 Å². The fraction of sp³-hybridized carbons (Fsp3) is 0.333. The van der Waals surface area contributed by atoms with Crippen molar-refractivity contribution in [2.75, 3.05) is 6.54 Å². The number of para-hydroxylation sites is 1. The maximum atomic E-state index is 11.9. The van der Waals surface area contributed by atoms with Crippen molar-refractivity contribution in [1.29, 1.82) is 0 Å². The molecule has 0 unspecified atom stereocenters. The SMILES string of the molecule is Cc1nc(C(=O)NCC(=O)O)nn1-c1ccccc1C(C)C. The van der Waals surface area contributed by atoms with Crippen molar-refractivity contribution in [2.45, 2.75) is 26.7 Å².